The van der Waals surface area contributed by atoms with Crippen LogP contribution in [0.1, 0.15) is 62.5 Å². The Bertz CT molecular complexity index is 2870. The number of aryl methyl sites for hydroxylation is 1. The summed E-state index contributed by atoms with van der Waals surface area (Å²) in [6.07, 6.45) is -1.42. The molecule has 8 aromatic carbocycles. The van der Waals surface area contributed by atoms with Gasteiger partial charge in [-0.2, -0.15) is 0 Å². The lowest BCUT2D eigenvalue weighted by molar-refractivity contribution is 0.660. The van der Waals surface area contributed by atoms with E-state index in [0.717, 1.165) is 28.2 Å². The Morgan fingerprint density at radius 3 is 1.38 bits per heavy atom. The highest BCUT2D eigenvalue weighted by Crippen LogP contribution is 2.63. The molecular formula is C54H41N. The minimum atomic E-state index is -1.42. The predicted octanol–water partition coefficient (Wildman–Crippen LogP) is 14.0. The third kappa shape index (κ3) is 4.36. The summed E-state index contributed by atoms with van der Waals surface area (Å²) >= 11 is 0. The van der Waals surface area contributed by atoms with Crippen molar-refractivity contribution < 1.29 is 2.74 Å². The van der Waals surface area contributed by atoms with Crippen molar-refractivity contribution in [3.05, 3.63) is 221 Å². The summed E-state index contributed by atoms with van der Waals surface area (Å²) < 4.78 is 16.7. The molecule has 0 unspecified atom stereocenters. The van der Waals surface area contributed by atoms with E-state index in [1.807, 2.05) is 12.1 Å². The van der Waals surface area contributed by atoms with Crippen LogP contribution in [0.2, 0.25) is 0 Å². The monoisotopic (exact) mass is 705 g/mol. The zero-order valence-corrected chi connectivity index (χ0v) is 31.3. The molecule has 0 N–H and O–H groups in total. The van der Waals surface area contributed by atoms with Gasteiger partial charge in [-0.05, 0) is 115 Å². The van der Waals surface area contributed by atoms with E-state index in [0.29, 0.717) is 5.56 Å². The molecule has 1 spiro atoms. The van der Waals surface area contributed by atoms with Crippen LogP contribution in [0.3, 0.4) is 0 Å². The average molecular weight is 706 g/mol. The van der Waals surface area contributed by atoms with E-state index in [4.69, 9.17) is 2.74 Å². The first-order chi connectivity index (χ1) is 27.7. The van der Waals surface area contributed by atoms with Gasteiger partial charge in [-0.15, -0.1) is 0 Å². The topological polar surface area (TPSA) is 3.24 Å². The van der Waals surface area contributed by atoms with Crippen LogP contribution in [0, 0.1) is 0 Å². The second-order valence-electron chi connectivity index (χ2n) is 15.7. The first-order valence-corrected chi connectivity index (χ1v) is 19.4. The zero-order chi connectivity index (χ0) is 38.7. The quantitative estimate of drug-likeness (QED) is 0.172. The molecule has 0 saturated carbocycles. The maximum Gasteiger partial charge on any atom is 0.0726 e. The molecule has 1 nitrogen and oxygen atoms in total. The highest BCUT2D eigenvalue weighted by molar-refractivity contribution is 5.97. The third-order valence-corrected chi connectivity index (χ3v) is 12.7. The predicted molar refractivity (Wildman–Crippen MR) is 230 cm³/mol. The number of rotatable bonds is 5. The molecule has 0 aromatic heterocycles. The third-order valence-electron chi connectivity index (χ3n) is 12.7. The molecule has 3 aliphatic rings. The Labute approximate surface area is 327 Å². The van der Waals surface area contributed by atoms with Crippen molar-refractivity contribution in [1.82, 2.24) is 0 Å². The van der Waals surface area contributed by atoms with Crippen LogP contribution in [-0.4, -0.2) is 0 Å². The molecule has 0 radical (unpaired) electrons. The van der Waals surface area contributed by atoms with Gasteiger partial charge in [0.05, 0.1) is 11.1 Å². The summed E-state index contributed by atoms with van der Waals surface area (Å²) in [6, 6.07) is 66.6. The number of fused-ring (bicyclic) bond motifs is 13. The average Bonchev–Trinajstić information content (AvgIpc) is 3.79. The largest absolute Gasteiger partial charge is 0.310 e. The molecule has 0 heterocycles. The van der Waals surface area contributed by atoms with E-state index in [1.165, 1.54) is 66.8 Å². The minimum Gasteiger partial charge on any atom is -0.310 e. The summed E-state index contributed by atoms with van der Waals surface area (Å²) in [4.78, 5) is 2.45. The number of benzene rings is 8. The van der Waals surface area contributed by atoms with Crippen LogP contribution in [0.15, 0.2) is 182 Å². The van der Waals surface area contributed by atoms with Crippen LogP contribution in [-0.2, 0) is 17.2 Å². The number of para-hydroxylation sites is 1. The minimum absolute atomic E-state index is 0.164. The Morgan fingerprint density at radius 1 is 0.418 bits per heavy atom. The molecule has 8 aromatic rings. The maximum absolute atomic E-state index is 8.35. The first kappa shape index (κ1) is 29.9. The van der Waals surface area contributed by atoms with Crippen molar-refractivity contribution in [1.29, 1.82) is 0 Å². The van der Waals surface area contributed by atoms with Gasteiger partial charge in [0.2, 0.25) is 0 Å². The van der Waals surface area contributed by atoms with Gasteiger partial charge in [0.1, 0.15) is 0 Å². The van der Waals surface area contributed by atoms with Crippen LogP contribution in [0.4, 0.5) is 17.1 Å². The second kappa shape index (κ2) is 11.8. The van der Waals surface area contributed by atoms with Gasteiger partial charge in [-0.3, -0.25) is 0 Å². The van der Waals surface area contributed by atoms with Gasteiger partial charge in [0, 0.05) is 25.1 Å². The van der Waals surface area contributed by atoms with Crippen molar-refractivity contribution in [3.8, 4) is 44.5 Å². The molecule has 11 rings (SSSR count). The van der Waals surface area contributed by atoms with Crippen molar-refractivity contribution in [3.63, 3.8) is 0 Å². The number of hydrogen-bond acceptors (Lipinski definition) is 1. The molecule has 3 aliphatic carbocycles. The summed E-state index contributed by atoms with van der Waals surface area (Å²) in [5.74, 6) is 0. The Kier molecular flexibility index (Phi) is 6.41. The van der Waals surface area contributed by atoms with E-state index < -0.39 is 11.8 Å². The summed E-state index contributed by atoms with van der Waals surface area (Å²) in [7, 11) is 0. The highest BCUT2D eigenvalue weighted by Gasteiger charge is 2.51. The van der Waals surface area contributed by atoms with Crippen LogP contribution in [0.25, 0.3) is 44.5 Å². The van der Waals surface area contributed by atoms with Gasteiger partial charge in [0.25, 0.3) is 0 Å². The van der Waals surface area contributed by atoms with Gasteiger partial charge < -0.3 is 4.90 Å². The van der Waals surface area contributed by atoms with Crippen molar-refractivity contribution in [2.75, 3.05) is 4.90 Å². The van der Waals surface area contributed by atoms with E-state index in [2.05, 4.69) is 189 Å². The van der Waals surface area contributed by atoms with Crippen LogP contribution < -0.4 is 4.90 Å². The smallest absolute Gasteiger partial charge is 0.0726 e. The van der Waals surface area contributed by atoms with Gasteiger partial charge in [0.15, 0.2) is 0 Å². The molecule has 55 heavy (non-hydrogen) atoms. The van der Waals surface area contributed by atoms with Crippen LogP contribution >= 0.6 is 0 Å². The fourth-order valence-electron chi connectivity index (χ4n) is 10.2. The lowest BCUT2D eigenvalue weighted by atomic mass is 9.70. The number of nitrogens with zero attached hydrogens (tertiary/aromatic N) is 1. The highest BCUT2D eigenvalue weighted by atomic mass is 15.1. The normalized spacial score (nSPS) is 15.3. The summed E-state index contributed by atoms with van der Waals surface area (Å²) in [5.41, 5.74) is 21.1. The molecular weight excluding hydrogens is 663 g/mol. The van der Waals surface area contributed by atoms with Crippen molar-refractivity contribution in [2.24, 2.45) is 0 Å². The maximum atomic E-state index is 8.35. The molecule has 0 atom stereocenters. The van der Waals surface area contributed by atoms with E-state index in [1.54, 1.807) is 6.92 Å². The molecule has 0 bridgehead atoms. The second-order valence-corrected chi connectivity index (χ2v) is 15.7. The van der Waals surface area contributed by atoms with Crippen molar-refractivity contribution >= 4 is 17.1 Å². The summed E-state index contributed by atoms with van der Waals surface area (Å²) in [5, 5.41) is 0. The SMILES string of the molecule is [2H]C([2H])(C)c1ccc(-c2ccccc2N(c2ccc3c(c2)C(C)(C)c2ccccc2-3)c2ccc3c(c2)C2(c4ccccc4-c4ccccc42)c2ccccc2-3)cc1. The van der Waals surface area contributed by atoms with E-state index in [9.17, 15) is 0 Å². The summed E-state index contributed by atoms with van der Waals surface area (Å²) in [6.45, 7) is 6.31. The Hall–Kier alpha value is -6.44. The van der Waals surface area contributed by atoms with Gasteiger partial charge in [-0.1, -0.05) is 172 Å². The number of hydrogen-bond donors (Lipinski definition) is 0. The van der Waals surface area contributed by atoms with Gasteiger partial charge >= 0.3 is 0 Å². The Morgan fingerprint density at radius 2 is 0.836 bits per heavy atom. The molecule has 1 heteroatoms. The molecule has 262 valence electrons. The molecule has 0 fully saturated rings. The zero-order valence-electron chi connectivity index (χ0n) is 33.3. The first-order valence-electron chi connectivity index (χ1n) is 20.4. The van der Waals surface area contributed by atoms with E-state index in [-0.39, 0.29) is 5.41 Å². The fourth-order valence-corrected chi connectivity index (χ4v) is 10.2. The van der Waals surface area contributed by atoms with E-state index >= 15 is 0 Å². The number of anilines is 3. The van der Waals surface area contributed by atoms with Crippen LogP contribution in [0.5, 0.6) is 0 Å². The molecule has 0 amide bonds. The van der Waals surface area contributed by atoms with Gasteiger partial charge in [-0.25, -0.2) is 0 Å². The van der Waals surface area contributed by atoms with Crippen molar-refractivity contribution in [2.45, 2.75) is 38.0 Å². The standard InChI is InChI=1S/C54H41N/c1-4-35-25-27-36(28-26-35)39-15-9-14-24-52(39)55(37-29-31-44-40-16-5-10-20-46(40)53(2,3)50(44)33-37)38-30-32-45-43-19-8-13-23-49(43)54(51(45)34-38)47-21-11-6-17-41(47)42-18-7-12-22-48(42)54/h5-34H,4H2,1-3H3/i4D2. The Balaban J connectivity index is 1.18. The lowest BCUT2D eigenvalue weighted by Gasteiger charge is -2.33. The molecule has 0 aliphatic heterocycles. The molecule has 0 saturated heterocycles. The lowest BCUT2D eigenvalue weighted by Crippen LogP contribution is -2.26. The fraction of sp³-hybridized carbons (Fsp3) is 0.111.